The number of nitrogens with zero attached hydrogens (tertiary/aromatic N) is 1. The van der Waals surface area contributed by atoms with Crippen molar-refractivity contribution in [2.24, 2.45) is 23.7 Å². The molecule has 0 unspecified atom stereocenters. The Kier molecular flexibility index (Phi) is 2.11. The average Bonchev–Trinajstić information content (AvgIpc) is 2.92. The van der Waals surface area contributed by atoms with Crippen LogP contribution in [0.4, 0.5) is 0 Å². The fourth-order valence-corrected chi connectivity index (χ4v) is 3.39. The molecule has 4 atom stereocenters. The van der Waals surface area contributed by atoms with Crippen molar-refractivity contribution in [3.63, 3.8) is 0 Å². The number of fused-ring (bicyclic) bond motifs is 5. The third-order valence-corrected chi connectivity index (χ3v) is 4.11. The molecule has 1 heterocycles. The number of likely N-dealkylation sites (tertiary alicyclic amines) is 1. The molecule has 2 aliphatic carbocycles. The molecule has 1 N–H and O–H groups in total. The highest BCUT2D eigenvalue weighted by atomic mass is 16.4. The van der Waals surface area contributed by atoms with E-state index in [0.29, 0.717) is 0 Å². The second kappa shape index (κ2) is 3.42. The number of aliphatic carboxylic acids is 1. The molecule has 90 valence electrons. The van der Waals surface area contributed by atoms with Gasteiger partial charge in [0.25, 0.3) is 0 Å². The molecule has 0 spiro atoms. The summed E-state index contributed by atoms with van der Waals surface area (Å²) in [5, 5.41) is 8.60. The molecule has 0 radical (unpaired) electrons. The molecular weight excluding hydrogens is 222 g/mol. The molecule has 3 aliphatic rings. The zero-order valence-electron chi connectivity index (χ0n) is 9.20. The smallest absolute Gasteiger partial charge is 0.305 e. The lowest BCUT2D eigenvalue weighted by Crippen LogP contribution is -2.34. The van der Waals surface area contributed by atoms with E-state index < -0.39 is 5.97 Å². The highest BCUT2D eigenvalue weighted by Gasteiger charge is 2.58. The molecule has 5 heteroatoms. The van der Waals surface area contributed by atoms with Crippen LogP contribution in [-0.4, -0.2) is 34.3 Å². The van der Waals surface area contributed by atoms with Gasteiger partial charge in [0.05, 0.1) is 18.3 Å². The number of carbonyl (C=O) groups is 3. The minimum absolute atomic E-state index is 0.0133. The molecule has 0 aromatic heterocycles. The number of imide groups is 1. The Morgan fingerprint density at radius 2 is 1.76 bits per heavy atom. The largest absolute Gasteiger partial charge is 0.481 e. The third-order valence-electron chi connectivity index (χ3n) is 4.11. The Balaban J connectivity index is 1.80. The van der Waals surface area contributed by atoms with Gasteiger partial charge in [0.15, 0.2) is 0 Å². The molecule has 2 fully saturated rings. The van der Waals surface area contributed by atoms with E-state index >= 15 is 0 Å². The van der Waals surface area contributed by atoms with Crippen molar-refractivity contribution in [3.05, 3.63) is 12.2 Å². The van der Waals surface area contributed by atoms with Crippen molar-refractivity contribution in [1.82, 2.24) is 4.90 Å². The van der Waals surface area contributed by atoms with Crippen molar-refractivity contribution in [3.8, 4) is 0 Å². The number of hydrogen-bond acceptors (Lipinski definition) is 3. The van der Waals surface area contributed by atoms with E-state index in [1.54, 1.807) is 0 Å². The van der Waals surface area contributed by atoms with Gasteiger partial charge in [-0.2, -0.15) is 0 Å². The summed E-state index contributed by atoms with van der Waals surface area (Å²) < 4.78 is 0. The van der Waals surface area contributed by atoms with E-state index in [-0.39, 0.29) is 48.5 Å². The van der Waals surface area contributed by atoms with E-state index in [1.807, 2.05) is 12.2 Å². The highest BCUT2D eigenvalue weighted by Crippen LogP contribution is 2.52. The molecule has 2 amide bonds. The molecule has 3 rings (SSSR count). The first-order valence-corrected chi connectivity index (χ1v) is 5.85. The Morgan fingerprint density at radius 1 is 1.24 bits per heavy atom. The van der Waals surface area contributed by atoms with Gasteiger partial charge in [-0.1, -0.05) is 12.2 Å². The summed E-state index contributed by atoms with van der Waals surface area (Å²) in [6, 6.07) is 0. The standard InChI is InChI=1S/C12H13NO4/c14-8(15)3-4-13-11(16)9-6-1-2-7(5-6)10(9)12(13)17/h1-2,6-7,9-10H,3-5H2,(H,14,15)/t6-,7-,9-,10+/m1/s1. The van der Waals surface area contributed by atoms with E-state index in [4.69, 9.17) is 5.11 Å². The van der Waals surface area contributed by atoms with Crippen molar-refractivity contribution in [2.75, 3.05) is 6.54 Å². The number of amides is 2. The minimum atomic E-state index is -0.983. The van der Waals surface area contributed by atoms with E-state index in [0.717, 1.165) is 11.3 Å². The van der Waals surface area contributed by atoms with Crippen LogP contribution < -0.4 is 0 Å². The van der Waals surface area contributed by atoms with E-state index in [9.17, 15) is 14.4 Å². The fourth-order valence-electron chi connectivity index (χ4n) is 3.39. The first-order chi connectivity index (χ1) is 8.09. The van der Waals surface area contributed by atoms with Crippen molar-refractivity contribution in [1.29, 1.82) is 0 Å². The Hall–Kier alpha value is -1.65. The lowest BCUT2D eigenvalue weighted by atomic mass is 9.85. The molecule has 1 aliphatic heterocycles. The van der Waals surface area contributed by atoms with Crippen LogP contribution in [0.5, 0.6) is 0 Å². The van der Waals surface area contributed by atoms with Gasteiger partial charge in [-0.3, -0.25) is 19.3 Å². The number of carboxylic acids is 1. The predicted molar refractivity (Wildman–Crippen MR) is 56.7 cm³/mol. The number of rotatable bonds is 3. The lowest BCUT2D eigenvalue weighted by Gasteiger charge is -2.15. The topological polar surface area (TPSA) is 74.7 Å². The molecule has 1 saturated carbocycles. The second-order valence-electron chi connectivity index (χ2n) is 4.97. The number of carbonyl (C=O) groups excluding carboxylic acids is 2. The summed E-state index contributed by atoms with van der Waals surface area (Å²) in [6.07, 6.45) is 4.79. The Morgan fingerprint density at radius 3 is 2.24 bits per heavy atom. The maximum absolute atomic E-state index is 12.1. The summed E-state index contributed by atoms with van der Waals surface area (Å²) in [5.74, 6) is -1.37. The lowest BCUT2D eigenvalue weighted by molar-refractivity contribution is -0.142. The van der Waals surface area contributed by atoms with Crippen LogP contribution in [0.15, 0.2) is 12.2 Å². The molecule has 1 saturated heterocycles. The monoisotopic (exact) mass is 235 g/mol. The summed E-state index contributed by atoms with van der Waals surface area (Å²) >= 11 is 0. The first kappa shape index (κ1) is 10.5. The number of allylic oxidation sites excluding steroid dienone is 2. The maximum Gasteiger partial charge on any atom is 0.305 e. The normalized spacial score (nSPS) is 38.0. The van der Waals surface area contributed by atoms with Crippen LogP contribution >= 0.6 is 0 Å². The van der Waals surface area contributed by atoms with Crippen molar-refractivity contribution < 1.29 is 19.5 Å². The Labute approximate surface area is 98.1 Å². The van der Waals surface area contributed by atoms with Gasteiger partial charge in [0, 0.05) is 6.54 Å². The SMILES string of the molecule is O=C(O)CCN1C(=O)[C@@H]2[C@H](C1=O)[C@@H]1C=C[C@@H]2C1. The molecule has 5 nitrogen and oxygen atoms in total. The van der Waals surface area contributed by atoms with Crippen LogP contribution in [-0.2, 0) is 14.4 Å². The summed E-state index contributed by atoms with van der Waals surface area (Å²) in [5.41, 5.74) is 0. The van der Waals surface area contributed by atoms with Gasteiger partial charge in [0.1, 0.15) is 0 Å². The zero-order valence-corrected chi connectivity index (χ0v) is 9.20. The zero-order chi connectivity index (χ0) is 12.2. The summed E-state index contributed by atoms with van der Waals surface area (Å²) in [4.78, 5) is 35.8. The van der Waals surface area contributed by atoms with Gasteiger partial charge in [-0.25, -0.2) is 0 Å². The van der Waals surface area contributed by atoms with Crippen molar-refractivity contribution >= 4 is 17.8 Å². The molecule has 0 aromatic rings. The van der Waals surface area contributed by atoms with Crippen LogP contribution in [0, 0.1) is 23.7 Å². The van der Waals surface area contributed by atoms with E-state index in [2.05, 4.69) is 0 Å². The maximum atomic E-state index is 12.1. The summed E-state index contributed by atoms with van der Waals surface area (Å²) in [6.45, 7) is 0.0133. The molecule has 17 heavy (non-hydrogen) atoms. The van der Waals surface area contributed by atoms with Crippen LogP contribution in [0.3, 0.4) is 0 Å². The van der Waals surface area contributed by atoms with Crippen LogP contribution in [0.25, 0.3) is 0 Å². The molecular formula is C12H13NO4. The van der Waals surface area contributed by atoms with Crippen molar-refractivity contribution in [2.45, 2.75) is 12.8 Å². The minimum Gasteiger partial charge on any atom is -0.481 e. The average molecular weight is 235 g/mol. The van der Waals surface area contributed by atoms with E-state index in [1.165, 1.54) is 0 Å². The number of hydrogen-bond donors (Lipinski definition) is 1. The van der Waals surface area contributed by atoms with Gasteiger partial charge >= 0.3 is 5.97 Å². The molecule has 2 bridgehead atoms. The van der Waals surface area contributed by atoms with Crippen LogP contribution in [0.2, 0.25) is 0 Å². The van der Waals surface area contributed by atoms with Gasteiger partial charge in [0.2, 0.25) is 11.8 Å². The predicted octanol–water partition coefficient (Wildman–Crippen LogP) is 0.268. The van der Waals surface area contributed by atoms with Gasteiger partial charge < -0.3 is 5.11 Å². The molecule has 0 aromatic carbocycles. The first-order valence-electron chi connectivity index (χ1n) is 5.85. The third kappa shape index (κ3) is 1.34. The fraction of sp³-hybridized carbons (Fsp3) is 0.583. The van der Waals surface area contributed by atoms with Crippen LogP contribution in [0.1, 0.15) is 12.8 Å². The quantitative estimate of drug-likeness (QED) is 0.562. The second-order valence-corrected chi connectivity index (χ2v) is 4.97. The van der Waals surface area contributed by atoms with Gasteiger partial charge in [-0.15, -0.1) is 0 Å². The number of carboxylic acid groups (broad SMARTS) is 1. The Bertz CT molecular complexity index is 412. The van der Waals surface area contributed by atoms with Gasteiger partial charge in [-0.05, 0) is 18.3 Å². The highest BCUT2D eigenvalue weighted by molar-refractivity contribution is 6.06. The summed E-state index contributed by atoms with van der Waals surface area (Å²) in [7, 11) is 0.